The van der Waals surface area contributed by atoms with Crippen molar-refractivity contribution < 1.29 is 33.6 Å². The first-order valence-corrected chi connectivity index (χ1v) is 11.3. The van der Waals surface area contributed by atoms with Crippen LogP contribution in [-0.2, 0) is 28.5 Å². The van der Waals surface area contributed by atoms with Gasteiger partial charge in [-0.15, -0.1) is 0 Å². The van der Waals surface area contributed by atoms with Gasteiger partial charge in [0.25, 0.3) is 0 Å². The highest BCUT2D eigenvalue weighted by Gasteiger charge is 2.66. The zero-order valence-corrected chi connectivity index (χ0v) is 20.1. The second-order valence-electron chi connectivity index (χ2n) is 9.81. The van der Waals surface area contributed by atoms with Crippen molar-refractivity contribution in [3.05, 3.63) is 35.5 Å². The number of hydrogen-bond acceptors (Lipinski definition) is 7. The number of carbonyl (C=O) groups excluding carboxylic acids is 2. The van der Waals surface area contributed by atoms with Crippen molar-refractivity contribution in [2.45, 2.75) is 103 Å². The van der Waals surface area contributed by atoms with E-state index in [0.717, 1.165) is 0 Å². The molecule has 7 nitrogen and oxygen atoms in total. The van der Waals surface area contributed by atoms with Gasteiger partial charge < -0.3 is 24.1 Å². The molecule has 2 aliphatic heterocycles. The van der Waals surface area contributed by atoms with Gasteiger partial charge in [0.2, 0.25) is 0 Å². The fourth-order valence-corrected chi connectivity index (χ4v) is 4.28. The Balaban J connectivity index is 1.85. The molecule has 2 heterocycles. The van der Waals surface area contributed by atoms with E-state index in [9.17, 15) is 14.7 Å². The number of carbonyl (C=O) groups is 2. The van der Waals surface area contributed by atoms with Crippen LogP contribution in [0.4, 0.5) is 0 Å². The lowest BCUT2D eigenvalue weighted by Crippen LogP contribution is -2.52. The van der Waals surface area contributed by atoms with E-state index < -0.39 is 41.8 Å². The molecule has 0 spiro atoms. The normalized spacial score (nSPS) is 36.6. The van der Waals surface area contributed by atoms with Gasteiger partial charge in [0.15, 0.2) is 0 Å². The van der Waals surface area contributed by atoms with Crippen molar-refractivity contribution in [1.82, 2.24) is 0 Å². The third-order valence-electron chi connectivity index (χ3n) is 7.23. The van der Waals surface area contributed by atoms with Crippen molar-refractivity contribution in [3.8, 4) is 0 Å². The molecule has 7 heteroatoms. The van der Waals surface area contributed by atoms with Crippen LogP contribution in [0.25, 0.3) is 0 Å². The molecule has 32 heavy (non-hydrogen) atoms. The molecule has 1 saturated carbocycles. The summed E-state index contributed by atoms with van der Waals surface area (Å²) < 4.78 is 23.1. The van der Waals surface area contributed by atoms with Crippen molar-refractivity contribution in [3.63, 3.8) is 0 Å². The highest BCUT2D eigenvalue weighted by Crippen LogP contribution is 2.53. The van der Waals surface area contributed by atoms with Gasteiger partial charge in [0, 0.05) is 23.5 Å². The zero-order chi connectivity index (χ0) is 24.0. The van der Waals surface area contributed by atoms with Crippen LogP contribution >= 0.6 is 0 Å². The number of ether oxygens (including phenoxy) is 4. The van der Waals surface area contributed by atoms with Crippen LogP contribution in [0, 0.1) is 5.92 Å². The van der Waals surface area contributed by atoms with E-state index in [1.165, 1.54) is 0 Å². The first kappa shape index (κ1) is 24.7. The van der Waals surface area contributed by atoms with Crippen LogP contribution in [0.15, 0.2) is 35.5 Å². The van der Waals surface area contributed by atoms with Crippen molar-refractivity contribution in [2.24, 2.45) is 5.92 Å². The summed E-state index contributed by atoms with van der Waals surface area (Å²) in [7, 11) is 0. The van der Waals surface area contributed by atoms with E-state index in [1.54, 1.807) is 39.8 Å². The smallest absolute Gasteiger partial charge is 0.333 e. The Morgan fingerprint density at radius 3 is 2.22 bits per heavy atom. The van der Waals surface area contributed by atoms with Crippen LogP contribution in [-0.4, -0.2) is 58.8 Å². The molecule has 1 aliphatic carbocycles. The number of rotatable bonds is 8. The molecule has 3 aliphatic rings. The van der Waals surface area contributed by atoms with Gasteiger partial charge in [0.1, 0.15) is 23.9 Å². The Morgan fingerprint density at radius 1 is 1.12 bits per heavy atom. The predicted molar refractivity (Wildman–Crippen MR) is 119 cm³/mol. The predicted octanol–water partition coefficient (Wildman–Crippen LogP) is 3.40. The number of fused-ring (bicyclic) bond motifs is 1. The maximum Gasteiger partial charge on any atom is 0.333 e. The topological polar surface area (TPSA) is 97.9 Å². The number of aliphatic hydroxyl groups is 1. The summed E-state index contributed by atoms with van der Waals surface area (Å²) in [5.74, 6) is -1.36. The lowest BCUT2D eigenvalue weighted by molar-refractivity contribution is -0.160. The minimum atomic E-state index is -1.01. The fraction of sp³-hybridized carbons (Fsp3) is 0.680. The molecule has 1 unspecified atom stereocenters. The Morgan fingerprint density at radius 2 is 1.69 bits per heavy atom. The molecule has 0 bridgehead atoms. The highest BCUT2D eigenvalue weighted by molar-refractivity contribution is 5.88. The van der Waals surface area contributed by atoms with E-state index >= 15 is 0 Å². The summed E-state index contributed by atoms with van der Waals surface area (Å²) in [5, 5.41) is 11.0. The molecule has 0 aromatic heterocycles. The minimum Gasteiger partial charge on any atom is -0.456 e. The number of epoxide rings is 2. The zero-order valence-electron chi connectivity index (χ0n) is 20.1. The van der Waals surface area contributed by atoms with Gasteiger partial charge in [-0.05, 0) is 60.5 Å². The summed E-state index contributed by atoms with van der Waals surface area (Å²) >= 11 is 0. The molecule has 7 atom stereocenters. The van der Waals surface area contributed by atoms with E-state index in [1.807, 2.05) is 20.8 Å². The minimum absolute atomic E-state index is 0.0785. The first-order chi connectivity index (χ1) is 14.9. The molecule has 3 fully saturated rings. The van der Waals surface area contributed by atoms with Crippen molar-refractivity contribution >= 4 is 11.9 Å². The van der Waals surface area contributed by atoms with Gasteiger partial charge in [-0.1, -0.05) is 18.7 Å². The van der Waals surface area contributed by atoms with Crippen LogP contribution in [0.1, 0.15) is 61.3 Å². The SMILES string of the molecule is C=C(C(C[C@H]1OC1(C)C)OC(=O)/C(C)=C\C)[C@H]1C[C@H]2O[C@@]2(C)[C@@H](O)[C@H]1OC(=O)/C(C)=C\C. The summed E-state index contributed by atoms with van der Waals surface area (Å²) in [4.78, 5) is 25.1. The molecule has 0 radical (unpaired) electrons. The van der Waals surface area contributed by atoms with Crippen LogP contribution in [0.2, 0.25) is 0 Å². The standard InChI is InChI=1S/C25H36O7/c1-9-13(3)22(27)29-17(12-18-24(6,7)31-18)15(5)16-11-19-25(8,32-19)21(26)20(16)30-23(28)14(4)10-2/h9-10,16-21,26H,5,11-12H2,1-4,6-8H3/b13-9-,14-10-/t16-,17?,18-,19-,20+,21+,25-/m1/s1. The van der Waals surface area contributed by atoms with Gasteiger partial charge in [0.05, 0.1) is 17.8 Å². The third kappa shape index (κ3) is 4.70. The lowest BCUT2D eigenvalue weighted by atomic mass is 9.73. The second-order valence-corrected chi connectivity index (χ2v) is 9.81. The number of esters is 2. The van der Waals surface area contributed by atoms with Crippen LogP contribution in [0.5, 0.6) is 0 Å². The molecule has 2 saturated heterocycles. The number of allylic oxidation sites excluding steroid dienone is 2. The average Bonchev–Trinajstić information content (AvgIpc) is 3.60. The van der Waals surface area contributed by atoms with Crippen LogP contribution in [0.3, 0.4) is 0 Å². The van der Waals surface area contributed by atoms with E-state index in [2.05, 4.69) is 6.58 Å². The molecule has 0 aromatic carbocycles. The fourth-order valence-electron chi connectivity index (χ4n) is 4.28. The molecule has 178 valence electrons. The Labute approximate surface area is 190 Å². The Bertz CT molecular complexity index is 854. The summed E-state index contributed by atoms with van der Waals surface area (Å²) in [6.45, 7) is 16.9. The number of aliphatic hydroxyl groups excluding tert-OH is 1. The maximum atomic E-state index is 12.6. The van der Waals surface area contributed by atoms with Gasteiger partial charge in [-0.2, -0.15) is 0 Å². The van der Waals surface area contributed by atoms with E-state index in [-0.39, 0.29) is 17.8 Å². The Kier molecular flexibility index (Phi) is 6.76. The monoisotopic (exact) mass is 448 g/mol. The van der Waals surface area contributed by atoms with E-state index in [0.29, 0.717) is 29.6 Å². The summed E-state index contributed by atoms with van der Waals surface area (Å²) in [6, 6.07) is 0. The van der Waals surface area contributed by atoms with Crippen molar-refractivity contribution in [1.29, 1.82) is 0 Å². The number of hydrogen-bond donors (Lipinski definition) is 1. The first-order valence-electron chi connectivity index (χ1n) is 11.3. The molecule has 0 aromatic rings. The lowest BCUT2D eigenvalue weighted by Gasteiger charge is -2.38. The molecule has 3 rings (SSSR count). The van der Waals surface area contributed by atoms with Crippen molar-refractivity contribution in [2.75, 3.05) is 0 Å². The molecular formula is C25H36O7. The average molecular weight is 449 g/mol. The van der Waals surface area contributed by atoms with Gasteiger partial charge >= 0.3 is 11.9 Å². The quantitative estimate of drug-likeness (QED) is 0.263. The van der Waals surface area contributed by atoms with Gasteiger partial charge in [-0.25, -0.2) is 9.59 Å². The third-order valence-corrected chi connectivity index (χ3v) is 7.23. The molecule has 1 N–H and O–H groups in total. The van der Waals surface area contributed by atoms with Crippen LogP contribution < -0.4 is 0 Å². The second kappa shape index (κ2) is 8.76. The summed E-state index contributed by atoms with van der Waals surface area (Å²) in [5.41, 5.74) is 0.499. The molecular weight excluding hydrogens is 412 g/mol. The molecule has 0 amide bonds. The Hall–Kier alpha value is -1.96. The summed E-state index contributed by atoms with van der Waals surface area (Å²) in [6.07, 6.45) is 1.56. The van der Waals surface area contributed by atoms with Gasteiger partial charge in [-0.3, -0.25) is 0 Å². The highest BCUT2D eigenvalue weighted by atomic mass is 16.6. The largest absolute Gasteiger partial charge is 0.456 e. The maximum absolute atomic E-state index is 12.6. The van der Waals surface area contributed by atoms with E-state index in [4.69, 9.17) is 18.9 Å².